The molecule has 1 atom stereocenters. The van der Waals surface area contributed by atoms with Crippen LogP contribution in [0.25, 0.3) is 0 Å². The van der Waals surface area contributed by atoms with E-state index in [2.05, 4.69) is 26.0 Å². The number of hydrogen-bond donors (Lipinski definition) is 0. The minimum Gasteiger partial charge on any atom is -0.224 e. The van der Waals surface area contributed by atoms with Crippen LogP contribution in [0.5, 0.6) is 0 Å². The molecule has 0 aliphatic heterocycles. The topological polar surface area (TPSA) is 34.1 Å². The second kappa shape index (κ2) is 6.74. The van der Waals surface area contributed by atoms with Crippen LogP contribution in [0.15, 0.2) is 41.3 Å². The molecular weight excluding hydrogens is 244 g/mol. The molecule has 1 aromatic rings. The monoisotopic (exact) mass is 266 g/mol. The van der Waals surface area contributed by atoms with Gasteiger partial charge in [0.05, 0.1) is 10.6 Å². The van der Waals surface area contributed by atoms with Gasteiger partial charge in [-0.25, -0.2) is 8.42 Å². The maximum absolute atomic E-state index is 11.7. The van der Waals surface area contributed by atoms with Crippen molar-refractivity contribution < 1.29 is 8.42 Å². The Balaban J connectivity index is 2.80. The van der Waals surface area contributed by atoms with E-state index in [1.54, 1.807) is 19.1 Å². The summed E-state index contributed by atoms with van der Waals surface area (Å²) in [6, 6.07) is 7.28. The average molecular weight is 266 g/mol. The molecule has 0 aromatic heterocycles. The third-order valence-electron chi connectivity index (χ3n) is 3.08. The zero-order valence-electron chi connectivity index (χ0n) is 11.4. The van der Waals surface area contributed by atoms with Gasteiger partial charge in [-0.2, -0.15) is 0 Å². The van der Waals surface area contributed by atoms with E-state index in [4.69, 9.17) is 0 Å². The number of rotatable bonds is 6. The summed E-state index contributed by atoms with van der Waals surface area (Å²) in [5, 5.41) is 0. The first-order valence-corrected chi connectivity index (χ1v) is 8.14. The second-order valence-electron chi connectivity index (χ2n) is 4.49. The number of benzene rings is 1. The minimum absolute atomic E-state index is 0.154. The molecule has 100 valence electrons. The quantitative estimate of drug-likeness (QED) is 0.731. The van der Waals surface area contributed by atoms with Gasteiger partial charge in [0.15, 0.2) is 9.84 Å². The number of sulfone groups is 1. The van der Waals surface area contributed by atoms with Crippen LogP contribution in [0.1, 0.15) is 45.1 Å². The second-order valence-corrected chi connectivity index (χ2v) is 6.77. The molecule has 0 saturated carbocycles. The number of allylic oxidation sites excluding steroid dienone is 2. The van der Waals surface area contributed by atoms with Crippen molar-refractivity contribution in [1.82, 2.24) is 0 Å². The van der Waals surface area contributed by atoms with E-state index in [9.17, 15) is 8.42 Å². The van der Waals surface area contributed by atoms with Crippen LogP contribution in [0.3, 0.4) is 0 Å². The average Bonchev–Trinajstić information content (AvgIpc) is 2.39. The Morgan fingerprint density at radius 3 is 2.22 bits per heavy atom. The van der Waals surface area contributed by atoms with E-state index in [0.29, 0.717) is 10.8 Å². The van der Waals surface area contributed by atoms with Gasteiger partial charge in [0.2, 0.25) is 0 Å². The zero-order valence-corrected chi connectivity index (χ0v) is 12.2. The van der Waals surface area contributed by atoms with Crippen molar-refractivity contribution in [3.8, 4) is 0 Å². The molecule has 0 saturated heterocycles. The van der Waals surface area contributed by atoms with Gasteiger partial charge in [0, 0.05) is 0 Å². The summed E-state index contributed by atoms with van der Waals surface area (Å²) >= 11 is 0. The molecule has 18 heavy (non-hydrogen) atoms. The maximum Gasteiger partial charge on any atom is 0.178 e. The zero-order chi connectivity index (χ0) is 13.6. The van der Waals surface area contributed by atoms with E-state index in [0.717, 1.165) is 12.8 Å². The van der Waals surface area contributed by atoms with Gasteiger partial charge in [0.1, 0.15) is 0 Å². The minimum atomic E-state index is -3.08. The molecule has 0 N–H and O–H groups in total. The summed E-state index contributed by atoms with van der Waals surface area (Å²) < 4.78 is 23.4. The predicted molar refractivity (Wildman–Crippen MR) is 76.6 cm³/mol. The number of hydrogen-bond acceptors (Lipinski definition) is 2. The summed E-state index contributed by atoms with van der Waals surface area (Å²) in [5.41, 5.74) is 1.19. The van der Waals surface area contributed by atoms with Crippen LogP contribution < -0.4 is 0 Å². The first-order chi connectivity index (χ1) is 8.51. The summed E-state index contributed by atoms with van der Waals surface area (Å²) in [6.45, 7) is 5.94. The van der Waals surface area contributed by atoms with Gasteiger partial charge >= 0.3 is 0 Å². The fraction of sp³-hybridized carbons (Fsp3) is 0.467. The third kappa shape index (κ3) is 3.98. The van der Waals surface area contributed by atoms with Crippen molar-refractivity contribution in [2.75, 3.05) is 5.75 Å². The Labute approximate surface area is 111 Å². The van der Waals surface area contributed by atoms with E-state index < -0.39 is 9.84 Å². The summed E-state index contributed by atoms with van der Waals surface area (Å²) in [6.07, 6.45) is 6.39. The van der Waals surface area contributed by atoms with Gasteiger partial charge < -0.3 is 0 Å². The lowest BCUT2D eigenvalue weighted by atomic mass is 9.98. The van der Waals surface area contributed by atoms with Crippen molar-refractivity contribution in [1.29, 1.82) is 0 Å². The molecule has 3 heteroatoms. The van der Waals surface area contributed by atoms with Crippen LogP contribution in [-0.4, -0.2) is 14.2 Å². The standard InChI is InChI=1S/C15H22O2S/c1-4-6-7-8-13(3)14-9-11-15(12-10-14)18(16,17)5-2/h6-7,9-13H,4-5,8H2,1-3H3/b7-6-. The van der Waals surface area contributed by atoms with Crippen molar-refractivity contribution in [2.45, 2.75) is 44.4 Å². The molecule has 0 bridgehead atoms. The molecule has 0 aliphatic carbocycles. The highest BCUT2D eigenvalue weighted by Crippen LogP contribution is 2.21. The van der Waals surface area contributed by atoms with Crippen LogP contribution in [0.2, 0.25) is 0 Å². The third-order valence-corrected chi connectivity index (χ3v) is 4.83. The van der Waals surface area contributed by atoms with Crippen LogP contribution in [-0.2, 0) is 9.84 Å². The molecule has 0 aliphatic rings. The molecule has 0 fully saturated rings. The van der Waals surface area contributed by atoms with Crippen LogP contribution >= 0.6 is 0 Å². The molecule has 0 heterocycles. The largest absolute Gasteiger partial charge is 0.224 e. The van der Waals surface area contributed by atoms with Gasteiger partial charge in [-0.05, 0) is 36.5 Å². The van der Waals surface area contributed by atoms with Crippen molar-refractivity contribution >= 4 is 9.84 Å². The molecular formula is C15H22O2S. The molecule has 0 radical (unpaired) electrons. The Morgan fingerprint density at radius 2 is 1.72 bits per heavy atom. The lowest BCUT2D eigenvalue weighted by Gasteiger charge is -2.10. The normalized spacial score (nSPS) is 13.9. The van der Waals surface area contributed by atoms with E-state index in [1.165, 1.54) is 5.56 Å². The molecule has 0 amide bonds. The summed E-state index contributed by atoms with van der Waals surface area (Å²) in [7, 11) is -3.08. The van der Waals surface area contributed by atoms with Gasteiger partial charge in [-0.1, -0.05) is 45.1 Å². The highest BCUT2D eigenvalue weighted by atomic mass is 32.2. The summed E-state index contributed by atoms with van der Waals surface area (Å²) in [4.78, 5) is 0.421. The summed E-state index contributed by atoms with van der Waals surface area (Å²) in [5.74, 6) is 0.576. The van der Waals surface area contributed by atoms with Gasteiger partial charge in [-0.15, -0.1) is 0 Å². The lowest BCUT2D eigenvalue weighted by molar-refractivity contribution is 0.597. The smallest absolute Gasteiger partial charge is 0.178 e. The Morgan fingerprint density at radius 1 is 1.11 bits per heavy atom. The molecule has 0 spiro atoms. The molecule has 2 nitrogen and oxygen atoms in total. The first kappa shape index (κ1) is 15.0. The molecule has 1 aromatic carbocycles. The van der Waals surface area contributed by atoms with Gasteiger partial charge in [0.25, 0.3) is 0 Å². The Kier molecular flexibility index (Phi) is 5.60. The lowest BCUT2D eigenvalue weighted by Crippen LogP contribution is -2.03. The first-order valence-electron chi connectivity index (χ1n) is 6.49. The predicted octanol–water partition coefficient (Wildman–Crippen LogP) is 3.94. The SMILES string of the molecule is CC/C=C\CC(C)c1ccc(S(=O)(=O)CC)cc1. The molecule has 1 unspecified atom stereocenters. The van der Waals surface area contributed by atoms with Crippen LogP contribution in [0.4, 0.5) is 0 Å². The van der Waals surface area contributed by atoms with E-state index in [1.807, 2.05) is 12.1 Å². The van der Waals surface area contributed by atoms with E-state index >= 15 is 0 Å². The molecule has 1 rings (SSSR count). The van der Waals surface area contributed by atoms with Crippen molar-refractivity contribution in [3.63, 3.8) is 0 Å². The maximum atomic E-state index is 11.7. The van der Waals surface area contributed by atoms with Gasteiger partial charge in [-0.3, -0.25) is 0 Å². The highest BCUT2D eigenvalue weighted by molar-refractivity contribution is 7.91. The highest BCUT2D eigenvalue weighted by Gasteiger charge is 2.11. The van der Waals surface area contributed by atoms with Crippen molar-refractivity contribution in [3.05, 3.63) is 42.0 Å². The van der Waals surface area contributed by atoms with Crippen molar-refractivity contribution in [2.24, 2.45) is 0 Å². The van der Waals surface area contributed by atoms with Crippen LogP contribution in [0, 0.1) is 0 Å². The Hall–Kier alpha value is -1.09. The fourth-order valence-electron chi connectivity index (χ4n) is 1.77. The van der Waals surface area contributed by atoms with E-state index in [-0.39, 0.29) is 5.75 Å². The Bertz CT molecular complexity index is 484. The fourth-order valence-corrected chi connectivity index (χ4v) is 2.66.